The number of nitrogens with zero attached hydrogens (tertiary/aromatic N) is 3. The molecule has 138 valence electrons. The molecule has 0 radical (unpaired) electrons. The number of benzene rings is 1. The Balaban J connectivity index is 1.39. The standard InChI is InChI=1S/C22H23N3O2/c1-15-4-2-6-20-18(15)8-9-23(20)14-22(27)24-11-16-10-17(13-24)19-5-3-7-21(26)25(19)12-16/h2-9,16-17H,10-14H2,1H3/t16-,17+/m0/s1. The van der Waals surface area contributed by atoms with Crippen LogP contribution in [-0.4, -0.2) is 33.0 Å². The monoisotopic (exact) mass is 361 g/mol. The molecule has 1 saturated heterocycles. The van der Waals surface area contributed by atoms with Crippen LogP contribution < -0.4 is 5.56 Å². The number of aryl methyl sites for hydroxylation is 1. The van der Waals surface area contributed by atoms with E-state index < -0.39 is 0 Å². The minimum atomic E-state index is 0.0798. The van der Waals surface area contributed by atoms with Crippen LogP contribution in [-0.2, 0) is 17.9 Å². The third kappa shape index (κ3) is 2.69. The Morgan fingerprint density at radius 1 is 1.07 bits per heavy atom. The van der Waals surface area contributed by atoms with Crippen LogP contribution in [0.5, 0.6) is 0 Å². The fourth-order valence-electron chi connectivity index (χ4n) is 4.86. The summed E-state index contributed by atoms with van der Waals surface area (Å²) < 4.78 is 3.95. The van der Waals surface area contributed by atoms with E-state index in [2.05, 4.69) is 25.1 Å². The van der Waals surface area contributed by atoms with Crippen molar-refractivity contribution >= 4 is 16.8 Å². The van der Waals surface area contributed by atoms with Gasteiger partial charge in [-0.05, 0) is 43.0 Å². The number of fused-ring (bicyclic) bond motifs is 5. The van der Waals surface area contributed by atoms with Crippen molar-refractivity contribution in [2.75, 3.05) is 13.1 Å². The van der Waals surface area contributed by atoms with Gasteiger partial charge in [-0.2, -0.15) is 0 Å². The van der Waals surface area contributed by atoms with Gasteiger partial charge in [0.15, 0.2) is 0 Å². The van der Waals surface area contributed by atoms with Crippen molar-refractivity contribution in [3.05, 3.63) is 70.3 Å². The summed E-state index contributed by atoms with van der Waals surface area (Å²) in [5.74, 6) is 0.790. The zero-order valence-corrected chi connectivity index (χ0v) is 15.5. The lowest BCUT2D eigenvalue weighted by molar-refractivity contribution is -0.134. The summed E-state index contributed by atoms with van der Waals surface area (Å²) in [6, 6.07) is 13.8. The highest BCUT2D eigenvalue weighted by atomic mass is 16.2. The lowest BCUT2D eigenvalue weighted by Gasteiger charge is -2.42. The summed E-state index contributed by atoms with van der Waals surface area (Å²) in [6.45, 7) is 4.64. The average Bonchev–Trinajstić information content (AvgIpc) is 3.07. The number of piperidine rings is 1. The first kappa shape index (κ1) is 16.4. The normalized spacial score (nSPS) is 21.3. The van der Waals surface area contributed by atoms with E-state index in [1.54, 1.807) is 6.07 Å². The van der Waals surface area contributed by atoms with E-state index in [1.807, 2.05) is 38.4 Å². The number of carbonyl (C=O) groups is 1. The van der Waals surface area contributed by atoms with E-state index in [1.165, 1.54) is 10.9 Å². The third-order valence-electron chi connectivity index (χ3n) is 6.17. The number of rotatable bonds is 2. The fourth-order valence-corrected chi connectivity index (χ4v) is 4.86. The summed E-state index contributed by atoms with van der Waals surface area (Å²) >= 11 is 0. The van der Waals surface area contributed by atoms with Gasteiger partial charge in [-0.3, -0.25) is 9.59 Å². The molecule has 2 atom stereocenters. The molecule has 27 heavy (non-hydrogen) atoms. The second-order valence-corrected chi connectivity index (χ2v) is 7.95. The lowest BCUT2D eigenvalue weighted by Crippen LogP contribution is -2.49. The van der Waals surface area contributed by atoms with Crippen molar-refractivity contribution in [2.45, 2.75) is 32.4 Å². The Bertz CT molecular complexity index is 1090. The molecular weight excluding hydrogens is 338 g/mol. The van der Waals surface area contributed by atoms with Gasteiger partial charge in [0.05, 0.1) is 0 Å². The number of amides is 1. The van der Waals surface area contributed by atoms with Crippen LogP contribution in [0.3, 0.4) is 0 Å². The molecule has 2 aliphatic heterocycles. The van der Waals surface area contributed by atoms with E-state index in [0.29, 0.717) is 19.0 Å². The first-order valence-corrected chi connectivity index (χ1v) is 9.62. The van der Waals surface area contributed by atoms with Gasteiger partial charge in [0.25, 0.3) is 5.56 Å². The highest BCUT2D eigenvalue weighted by molar-refractivity contribution is 5.85. The van der Waals surface area contributed by atoms with E-state index >= 15 is 0 Å². The average molecular weight is 361 g/mol. The molecule has 2 bridgehead atoms. The number of likely N-dealkylation sites (tertiary alicyclic amines) is 1. The molecule has 3 aromatic rings. The van der Waals surface area contributed by atoms with Crippen LogP contribution >= 0.6 is 0 Å². The van der Waals surface area contributed by atoms with E-state index in [9.17, 15) is 9.59 Å². The molecule has 2 aromatic heterocycles. The molecular formula is C22H23N3O2. The molecule has 5 nitrogen and oxygen atoms in total. The molecule has 4 heterocycles. The molecule has 0 unspecified atom stereocenters. The fraction of sp³-hybridized carbons (Fsp3) is 0.364. The van der Waals surface area contributed by atoms with Crippen molar-refractivity contribution in [1.29, 1.82) is 0 Å². The Morgan fingerprint density at radius 3 is 2.81 bits per heavy atom. The Labute approximate surface area is 157 Å². The van der Waals surface area contributed by atoms with Gasteiger partial charge in [-0.25, -0.2) is 0 Å². The van der Waals surface area contributed by atoms with E-state index in [4.69, 9.17) is 0 Å². The predicted octanol–water partition coefficient (Wildman–Crippen LogP) is 2.76. The summed E-state index contributed by atoms with van der Waals surface area (Å²) in [5.41, 5.74) is 3.50. The molecule has 1 aromatic carbocycles. The van der Waals surface area contributed by atoms with Crippen LogP contribution in [0.15, 0.2) is 53.5 Å². The smallest absolute Gasteiger partial charge is 0.250 e. The van der Waals surface area contributed by atoms with Crippen molar-refractivity contribution in [1.82, 2.24) is 14.0 Å². The maximum absolute atomic E-state index is 13.0. The van der Waals surface area contributed by atoms with Gasteiger partial charge in [-0.1, -0.05) is 18.2 Å². The molecule has 0 saturated carbocycles. The first-order valence-electron chi connectivity index (χ1n) is 9.62. The summed E-state index contributed by atoms with van der Waals surface area (Å²) in [4.78, 5) is 27.2. The molecule has 5 rings (SSSR count). The summed E-state index contributed by atoms with van der Waals surface area (Å²) in [6.07, 6.45) is 3.08. The maximum atomic E-state index is 13.0. The minimum Gasteiger partial charge on any atom is -0.340 e. The zero-order valence-electron chi connectivity index (χ0n) is 15.5. The number of hydrogen-bond acceptors (Lipinski definition) is 2. The van der Waals surface area contributed by atoms with E-state index in [0.717, 1.165) is 30.7 Å². The van der Waals surface area contributed by atoms with Gasteiger partial charge in [0.2, 0.25) is 5.91 Å². The van der Waals surface area contributed by atoms with Crippen molar-refractivity contribution in [3.8, 4) is 0 Å². The number of pyridine rings is 1. The highest BCUT2D eigenvalue weighted by Gasteiger charge is 2.36. The van der Waals surface area contributed by atoms with Crippen LogP contribution in [0.4, 0.5) is 0 Å². The molecule has 0 aliphatic carbocycles. The van der Waals surface area contributed by atoms with Crippen molar-refractivity contribution in [3.63, 3.8) is 0 Å². The zero-order chi connectivity index (χ0) is 18.5. The van der Waals surface area contributed by atoms with Crippen LogP contribution in [0.25, 0.3) is 10.9 Å². The first-order chi connectivity index (χ1) is 13.1. The molecule has 0 N–H and O–H groups in total. The molecule has 1 amide bonds. The predicted molar refractivity (Wildman–Crippen MR) is 105 cm³/mol. The number of aromatic nitrogens is 2. The van der Waals surface area contributed by atoms with E-state index in [-0.39, 0.29) is 17.4 Å². The van der Waals surface area contributed by atoms with Crippen molar-refractivity contribution < 1.29 is 4.79 Å². The molecule has 1 fully saturated rings. The van der Waals surface area contributed by atoms with Gasteiger partial charge in [0.1, 0.15) is 6.54 Å². The van der Waals surface area contributed by atoms with Crippen LogP contribution in [0, 0.1) is 12.8 Å². The summed E-state index contributed by atoms with van der Waals surface area (Å²) in [7, 11) is 0. The van der Waals surface area contributed by atoms with Gasteiger partial charge >= 0.3 is 0 Å². The Hall–Kier alpha value is -2.82. The Morgan fingerprint density at radius 2 is 1.93 bits per heavy atom. The van der Waals surface area contributed by atoms with Crippen LogP contribution in [0.2, 0.25) is 0 Å². The topological polar surface area (TPSA) is 47.2 Å². The number of hydrogen-bond donors (Lipinski definition) is 0. The minimum absolute atomic E-state index is 0.0798. The quantitative estimate of drug-likeness (QED) is 0.705. The second-order valence-electron chi connectivity index (χ2n) is 7.95. The van der Waals surface area contributed by atoms with Crippen molar-refractivity contribution in [2.24, 2.45) is 5.92 Å². The molecule has 0 spiro atoms. The maximum Gasteiger partial charge on any atom is 0.250 e. The van der Waals surface area contributed by atoms with Gasteiger partial charge in [-0.15, -0.1) is 0 Å². The summed E-state index contributed by atoms with van der Waals surface area (Å²) in [5, 5.41) is 1.20. The van der Waals surface area contributed by atoms with Gasteiger partial charge in [0, 0.05) is 54.4 Å². The molecule has 2 aliphatic rings. The largest absolute Gasteiger partial charge is 0.340 e. The van der Waals surface area contributed by atoms with Crippen LogP contribution in [0.1, 0.15) is 23.6 Å². The SMILES string of the molecule is Cc1cccc2c1ccn2CC(=O)N1C[C@@H]2C[C@H](C1)c1cccc(=O)n1C2. The lowest BCUT2D eigenvalue weighted by atomic mass is 9.83. The third-order valence-corrected chi connectivity index (χ3v) is 6.17. The Kier molecular flexibility index (Phi) is 3.71. The van der Waals surface area contributed by atoms with Gasteiger partial charge < -0.3 is 14.0 Å². The highest BCUT2D eigenvalue weighted by Crippen LogP contribution is 2.35. The number of carbonyl (C=O) groups excluding carboxylic acids is 1. The molecule has 5 heteroatoms. The second kappa shape index (κ2) is 6.12.